The summed E-state index contributed by atoms with van der Waals surface area (Å²) in [4.78, 5) is 8.95. The zero-order valence-corrected chi connectivity index (χ0v) is 24.5. The van der Waals surface area contributed by atoms with Crippen LogP contribution in [0.25, 0.3) is 0 Å². The van der Waals surface area contributed by atoms with Gasteiger partial charge in [0, 0.05) is 0 Å². The molecule has 0 fully saturated rings. The predicted molar refractivity (Wildman–Crippen MR) is 151 cm³/mol. The molecule has 0 aliphatic heterocycles. The molecule has 194 valence electrons. The molecule has 2 aromatic rings. The van der Waals surface area contributed by atoms with Crippen molar-refractivity contribution in [2.24, 2.45) is 22.7 Å². The lowest BCUT2D eigenvalue weighted by atomic mass is 9.69. The minimum Gasteiger partial charge on any atom is -0.471 e. The van der Waals surface area contributed by atoms with Gasteiger partial charge in [-0.3, -0.25) is 4.79 Å². The van der Waals surface area contributed by atoms with E-state index in [2.05, 4.69) is 148 Å². The summed E-state index contributed by atoms with van der Waals surface area (Å²) in [5.41, 5.74) is 3.61. The zero-order valence-electron chi connectivity index (χ0n) is 24.5. The summed E-state index contributed by atoms with van der Waals surface area (Å²) in [7, 11) is 1.31. The molecule has 2 heteroatoms. The Balaban J connectivity index is 0. The SMILES string of the molecule is CC(C)C.CC(C)C(C)(C)C(C)c1ccccc1.CC(c1ccccc1)C(C)(C)C.COC=O. The quantitative estimate of drug-likeness (QED) is 0.406. The topological polar surface area (TPSA) is 26.3 Å². The molecule has 2 unspecified atom stereocenters. The van der Waals surface area contributed by atoms with Gasteiger partial charge in [-0.1, -0.05) is 144 Å². The fourth-order valence-electron chi connectivity index (χ4n) is 2.91. The van der Waals surface area contributed by atoms with E-state index in [9.17, 15) is 0 Å². The number of methoxy groups -OCH3 is 1. The van der Waals surface area contributed by atoms with Crippen molar-refractivity contribution in [2.45, 2.75) is 94.9 Å². The Morgan fingerprint density at radius 3 is 1.18 bits per heavy atom. The molecule has 0 saturated heterocycles. The maximum atomic E-state index is 8.95. The lowest BCUT2D eigenvalue weighted by Crippen LogP contribution is -2.26. The number of benzene rings is 2. The van der Waals surface area contributed by atoms with Crippen molar-refractivity contribution in [3.8, 4) is 0 Å². The average molecular weight is 471 g/mol. The number of hydrogen-bond donors (Lipinski definition) is 0. The molecule has 0 heterocycles. The maximum Gasteiger partial charge on any atom is 0.292 e. The summed E-state index contributed by atoms with van der Waals surface area (Å²) >= 11 is 0. The van der Waals surface area contributed by atoms with Crippen LogP contribution in [0, 0.1) is 22.7 Å². The van der Waals surface area contributed by atoms with Crippen LogP contribution in [0.15, 0.2) is 60.7 Å². The van der Waals surface area contributed by atoms with Crippen molar-refractivity contribution in [1.29, 1.82) is 0 Å². The molecule has 0 aliphatic rings. The van der Waals surface area contributed by atoms with Crippen molar-refractivity contribution < 1.29 is 9.53 Å². The Morgan fingerprint density at radius 1 is 0.647 bits per heavy atom. The van der Waals surface area contributed by atoms with E-state index in [1.165, 1.54) is 18.2 Å². The first-order valence-electron chi connectivity index (χ1n) is 12.7. The second-order valence-corrected chi connectivity index (χ2v) is 11.7. The number of rotatable bonds is 5. The summed E-state index contributed by atoms with van der Waals surface area (Å²) in [6.07, 6.45) is 0. The van der Waals surface area contributed by atoms with Crippen LogP contribution in [0.5, 0.6) is 0 Å². The van der Waals surface area contributed by atoms with Gasteiger partial charge in [0.2, 0.25) is 0 Å². The Labute approximate surface area is 212 Å². The summed E-state index contributed by atoms with van der Waals surface area (Å²) in [6, 6.07) is 21.5. The normalized spacial score (nSPS) is 12.7. The predicted octanol–water partition coefficient (Wildman–Crippen LogP) is 9.76. The fraction of sp³-hybridized carbons (Fsp3) is 0.594. The number of carbonyl (C=O) groups is 1. The molecule has 2 atom stereocenters. The number of ether oxygens (including phenoxy) is 1. The Bertz CT molecular complexity index is 722. The highest BCUT2D eigenvalue weighted by molar-refractivity contribution is 5.36. The van der Waals surface area contributed by atoms with Crippen LogP contribution in [-0.2, 0) is 9.53 Å². The monoisotopic (exact) mass is 470 g/mol. The fourth-order valence-corrected chi connectivity index (χ4v) is 2.91. The van der Waals surface area contributed by atoms with E-state index in [0.29, 0.717) is 35.1 Å². The zero-order chi connectivity index (χ0) is 26.9. The molecular formula is C32H54O2. The number of carbonyl (C=O) groups excluding carboxylic acids is 1. The largest absolute Gasteiger partial charge is 0.471 e. The summed E-state index contributed by atoms with van der Waals surface area (Å²) < 4.78 is 3.86. The second-order valence-electron chi connectivity index (χ2n) is 11.7. The highest BCUT2D eigenvalue weighted by atomic mass is 16.5. The first kappa shape index (κ1) is 34.1. The molecule has 2 nitrogen and oxygen atoms in total. The Morgan fingerprint density at radius 2 is 0.941 bits per heavy atom. The van der Waals surface area contributed by atoms with Crippen LogP contribution < -0.4 is 0 Å². The van der Waals surface area contributed by atoms with Crippen molar-refractivity contribution in [1.82, 2.24) is 0 Å². The lowest BCUT2D eigenvalue weighted by molar-refractivity contribution is -0.126. The van der Waals surface area contributed by atoms with Gasteiger partial charge in [0.25, 0.3) is 6.47 Å². The molecule has 0 amide bonds. The summed E-state index contributed by atoms with van der Waals surface area (Å²) in [5.74, 6) is 2.78. The van der Waals surface area contributed by atoms with E-state index in [-0.39, 0.29) is 0 Å². The van der Waals surface area contributed by atoms with Crippen LogP contribution in [0.4, 0.5) is 0 Å². The molecule has 0 saturated carbocycles. The van der Waals surface area contributed by atoms with Crippen molar-refractivity contribution in [2.75, 3.05) is 7.11 Å². The first-order chi connectivity index (χ1) is 15.6. The van der Waals surface area contributed by atoms with E-state index >= 15 is 0 Å². The molecule has 0 N–H and O–H groups in total. The minimum atomic E-state index is 0.362. The van der Waals surface area contributed by atoms with Crippen LogP contribution in [0.3, 0.4) is 0 Å². The summed E-state index contributed by atoms with van der Waals surface area (Å²) in [6.45, 7) is 27.7. The van der Waals surface area contributed by atoms with Crippen molar-refractivity contribution >= 4 is 6.47 Å². The molecule has 2 aromatic carbocycles. The number of hydrogen-bond acceptors (Lipinski definition) is 2. The Hall–Kier alpha value is -2.09. The maximum absolute atomic E-state index is 8.95. The van der Waals surface area contributed by atoms with Crippen LogP contribution in [0.2, 0.25) is 0 Å². The van der Waals surface area contributed by atoms with Gasteiger partial charge in [0.05, 0.1) is 7.11 Å². The van der Waals surface area contributed by atoms with E-state index in [4.69, 9.17) is 4.79 Å². The van der Waals surface area contributed by atoms with Crippen LogP contribution >= 0.6 is 0 Å². The molecule has 34 heavy (non-hydrogen) atoms. The molecule has 0 spiro atoms. The van der Waals surface area contributed by atoms with Gasteiger partial charge in [-0.05, 0) is 45.6 Å². The van der Waals surface area contributed by atoms with Gasteiger partial charge in [-0.2, -0.15) is 0 Å². The van der Waals surface area contributed by atoms with Crippen LogP contribution in [0.1, 0.15) is 106 Å². The van der Waals surface area contributed by atoms with E-state index in [1.807, 2.05) is 0 Å². The molecule has 0 bridgehead atoms. The van der Waals surface area contributed by atoms with Gasteiger partial charge in [-0.25, -0.2) is 0 Å². The van der Waals surface area contributed by atoms with Crippen molar-refractivity contribution in [3.05, 3.63) is 71.8 Å². The second kappa shape index (κ2) is 17.4. The van der Waals surface area contributed by atoms with Crippen LogP contribution in [-0.4, -0.2) is 13.6 Å². The van der Waals surface area contributed by atoms with Gasteiger partial charge >= 0.3 is 0 Å². The highest BCUT2D eigenvalue weighted by Gasteiger charge is 2.30. The molecule has 2 rings (SSSR count). The van der Waals surface area contributed by atoms with E-state index in [1.54, 1.807) is 0 Å². The minimum absolute atomic E-state index is 0.362. The highest BCUT2D eigenvalue weighted by Crippen LogP contribution is 2.40. The van der Waals surface area contributed by atoms with E-state index < -0.39 is 0 Å². The van der Waals surface area contributed by atoms with Gasteiger partial charge in [0.15, 0.2) is 0 Å². The van der Waals surface area contributed by atoms with Gasteiger partial charge in [0.1, 0.15) is 0 Å². The standard InChI is InChI=1S/C14H22.C12H18.C4H10.C2H4O2/c1-11(2)14(4,5)12(3)13-9-7-6-8-10-13;1-10(12(2,3)4)11-8-6-5-7-9-11;1-4(2)3;1-4-2-3/h6-12H,1-5H3;5-10H,1-4H3;4H,1-3H3;2H,1H3. The van der Waals surface area contributed by atoms with Gasteiger partial charge in [-0.15, -0.1) is 0 Å². The lowest BCUT2D eigenvalue weighted by Gasteiger charge is -2.36. The third-order valence-electron chi connectivity index (χ3n) is 6.60. The first-order valence-corrected chi connectivity index (χ1v) is 12.7. The molecule has 0 aromatic heterocycles. The van der Waals surface area contributed by atoms with Crippen molar-refractivity contribution in [3.63, 3.8) is 0 Å². The summed E-state index contributed by atoms with van der Waals surface area (Å²) in [5, 5.41) is 0. The smallest absolute Gasteiger partial charge is 0.292 e. The molecule has 0 aliphatic carbocycles. The molecule has 0 radical (unpaired) electrons. The van der Waals surface area contributed by atoms with E-state index in [0.717, 1.165) is 5.92 Å². The van der Waals surface area contributed by atoms with Gasteiger partial charge < -0.3 is 4.74 Å². The average Bonchev–Trinajstić information content (AvgIpc) is 2.78. The third-order valence-corrected chi connectivity index (χ3v) is 6.60. The Kier molecular flexibility index (Phi) is 17.4. The molecular weight excluding hydrogens is 416 g/mol. The third kappa shape index (κ3) is 14.9.